The average Bonchev–Trinajstić information content (AvgIpc) is 2.51. The lowest BCUT2D eigenvalue weighted by atomic mass is 10.0. The topological polar surface area (TPSA) is 64.6 Å². The minimum atomic E-state index is -0.122. The van der Waals surface area contributed by atoms with Crippen LogP contribution < -0.4 is 10.6 Å². The number of amides is 2. The van der Waals surface area contributed by atoms with E-state index in [4.69, 9.17) is 5.11 Å². The molecule has 1 heterocycles. The molecule has 2 rings (SSSR count). The van der Waals surface area contributed by atoms with E-state index < -0.39 is 0 Å². The first-order valence-electron chi connectivity index (χ1n) is 8.53. The number of benzene rings is 1. The van der Waals surface area contributed by atoms with Crippen LogP contribution in [-0.4, -0.2) is 47.8 Å². The van der Waals surface area contributed by atoms with E-state index in [-0.39, 0.29) is 24.7 Å². The summed E-state index contributed by atoms with van der Waals surface area (Å²) in [5, 5.41) is 14.8. The largest absolute Gasteiger partial charge is 0.396 e. The van der Waals surface area contributed by atoms with Crippen LogP contribution in [0.3, 0.4) is 0 Å². The van der Waals surface area contributed by atoms with Crippen molar-refractivity contribution in [3.05, 3.63) is 35.4 Å². The van der Waals surface area contributed by atoms with Crippen molar-refractivity contribution < 1.29 is 9.90 Å². The van der Waals surface area contributed by atoms with Crippen LogP contribution in [0, 0.1) is 6.92 Å². The minimum absolute atomic E-state index is 0.00106. The third-order valence-corrected chi connectivity index (χ3v) is 4.52. The molecular formula is C18H29N3O2. The Balaban J connectivity index is 1.71. The summed E-state index contributed by atoms with van der Waals surface area (Å²) in [6.45, 7) is 7.15. The third-order valence-electron chi connectivity index (χ3n) is 4.52. The van der Waals surface area contributed by atoms with Gasteiger partial charge in [-0.2, -0.15) is 0 Å². The molecule has 5 nitrogen and oxygen atoms in total. The number of hydrogen-bond donors (Lipinski definition) is 3. The van der Waals surface area contributed by atoms with Gasteiger partial charge in [0.05, 0.1) is 0 Å². The molecule has 1 atom stereocenters. The number of rotatable bonds is 6. The second kappa shape index (κ2) is 8.89. The lowest BCUT2D eigenvalue weighted by Crippen LogP contribution is -2.49. The number of aliphatic hydroxyl groups excluding tert-OH is 1. The van der Waals surface area contributed by atoms with Gasteiger partial charge in [0.2, 0.25) is 0 Å². The molecule has 2 amide bonds. The molecule has 5 heteroatoms. The maximum atomic E-state index is 11.9. The number of carbonyl (C=O) groups is 1. The van der Waals surface area contributed by atoms with Gasteiger partial charge in [-0.1, -0.05) is 24.3 Å². The van der Waals surface area contributed by atoms with Crippen molar-refractivity contribution in [2.24, 2.45) is 0 Å². The molecule has 0 spiro atoms. The first-order valence-corrected chi connectivity index (χ1v) is 8.53. The molecular weight excluding hydrogens is 290 g/mol. The molecule has 1 aromatic carbocycles. The molecule has 0 bridgehead atoms. The molecule has 1 aromatic rings. The van der Waals surface area contributed by atoms with Gasteiger partial charge in [0.15, 0.2) is 0 Å². The van der Waals surface area contributed by atoms with Gasteiger partial charge in [-0.05, 0) is 44.2 Å². The molecule has 0 saturated carbocycles. The van der Waals surface area contributed by atoms with Crippen LogP contribution in [0.2, 0.25) is 0 Å². The summed E-state index contributed by atoms with van der Waals surface area (Å²) in [6.07, 6.45) is 2.55. The molecule has 0 radical (unpaired) electrons. The summed E-state index contributed by atoms with van der Waals surface area (Å²) < 4.78 is 0. The Labute approximate surface area is 139 Å². The molecule has 1 fully saturated rings. The fourth-order valence-electron chi connectivity index (χ4n) is 2.98. The van der Waals surface area contributed by atoms with Crippen LogP contribution in [0.15, 0.2) is 24.3 Å². The van der Waals surface area contributed by atoms with Crippen molar-refractivity contribution in [2.75, 3.05) is 19.7 Å². The van der Waals surface area contributed by atoms with Gasteiger partial charge in [0.1, 0.15) is 0 Å². The Morgan fingerprint density at radius 1 is 1.35 bits per heavy atom. The number of urea groups is 1. The van der Waals surface area contributed by atoms with Crippen molar-refractivity contribution in [3.63, 3.8) is 0 Å². The fraction of sp³-hybridized carbons (Fsp3) is 0.611. The standard InChI is InChI=1S/C18H29N3O2/c1-14-5-3-4-6-16(14)13-21-10-7-17(8-11-21)20-18(23)19-15(2)9-12-22/h3-6,15,17,22H,7-13H2,1-2H3,(H2,19,20,23)/t15-/m1/s1. The van der Waals surface area contributed by atoms with Gasteiger partial charge in [-0.15, -0.1) is 0 Å². The highest BCUT2D eigenvalue weighted by Gasteiger charge is 2.21. The number of likely N-dealkylation sites (tertiary alicyclic amines) is 1. The quantitative estimate of drug-likeness (QED) is 0.752. The summed E-state index contributed by atoms with van der Waals surface area (Å²) in [6, 6.07) is 8.63. The number of carbonyl (C=O) groups excluding carboxylic acids is 1. The molecule has 0 unspecified atom stereocenters. The maximum absolute atomic E-state index is 11.9. The summed E-state index contributed by atoms with van der Waals surface area (Å²) in [5.74, 6) is 0. The summed E-state index contributed by atoms with van der Waals surface area (Å²) >= 11 is 0. The van der Waals surface area contributed by atoms with Crippen molar-refractivity contribution in [3.8, 4) is 0 Å². The summed E-state index contributed by atoms with van der Waals surface area (Å²) in [7, 11) is 0. The lowest BCUT2D eigenvalue weighted by Gasteiger charge is -2.32. The highest BCUT2D eigenvalue weighted by molar-refractivity contribution is 5.74. The molecule has 1 saturated heterocycles. The Hall–Kier alpha value is -1.59. The van der Waals surface area contributed by atoms with Crippen molar-refractivity contribution in [1.29, 1.82) is 0 Å². The Morgan fingerprint density at radius 2 is 2.04 bits per heavy atom. The van der Waals surface area contributed by atoms with Crippen molar-refractivity contribution in [2.45, 2.75) is 51.7 Å². The van der Waals surface area contributed by atoms with Crippen LogP contribution >= 0.6 is 0 Å². The minimum Gasteiger partial charge on any atom is -0.396 e. The molecule has 1 aliphatic rings. The van der Waals surface area contributed by atoms with E-state index in [1.165, 1.54) is 11.1 Å². The number of aryl methyl sites for hydroxylation is 1. The Bertz CT molecular complexity index is 499. The second-order valence-corrected chi connectivity index (χ2v) is 6.51. The number of hydrogen-bond acceptors (Lipinski definition) is 3. The van der Waals surface area contributed by atoms with Crippen LogP contribution in [0.25, 0.3) is 0 Å². The first kappa shape index (κ1) is 17.8. The normalized spacial score (nSPS) is 17.7. The fourth-order valence-corrected chi connectivity index (χ4v) is 2.98. The summed E-state index contributed by atoms with van der Waals surface area (Å²) in [5.41, 5.74) is 2.72. The second-order valence-electron chi connectivity index (χ2n) is 6.51. The molecule has 128 valence electrons. The SMILES string of the molecule is Cc1ccccc1CN1CCC(NC(=O)N[C@H](C)CCO)CC1. The van der Waals surface area contributed by atoms with Crippen LogP contribution in [0.4, 0.5) is 4.79 Å². The van der Waals surface area contributed by atoms with Crippen LogP contribution in [0.1, 0.15) is 37.3 Å². The van der Waals surface area contributed by atoms with Crippen LogP contribution in [-0.2, 0) is 6.54 Å². The van der Waals surface area contributed by atoms with Crippen molar-refractivity contribution in [1.82, 2.24) is 15.5 Å². The Morgan fingerprint density at radius 3 is 2.70 bits per heavy atom. The molecule has 3 N–H and O–H groups in total. The highest BCUT2D eigenvalue weighted by Crippen LogP contribution is 2.16. The van der Waals surface area contributed by atoms with E-state index in [1.807, 2.05) is 6.92 Å². The molecule has 0 aliphatic carbocycles. The molecule has 1 aliphatic heterocycles. The van der Waals surface area contributed by atoms with E-state index in [2.05, 4.69) is 46.7 Å². The van der Waals surface area contributed by atoms with Crippen molar-refractivity contribution >= 4 is 6.03 Å². The van der Waals surface area contributed by atoms with Gasteiger partial charge in [-0.3, -0.25) is 4.90 Å². The predicted molar refractivity (Wildman–Crippen MR) is 92.3 cm³/mol. The van der Waals surface area contributed by atoms with E-state index in [9.17, 15) is 4.79 Å². The van der Waals surface area contributed by atoms with Gasteiger partial charge in [-0.25, -0.2) is 4.79 Å². The van der Waals surface area contributed by atoms with E-state index >= 15 is 0 Å². The summed E-state index contributed by atoms with van der Waals surface area (Å²) in [4.78, 5) is 14.3. The van der Waals surface area contributed by atoms with Crippen LogP contribution in [0.5, 0.6) is 0 Å². The lowest BCUT2D eigenvalue weighted by molar-refractivity contribution is 0.184. The molecule has 0 aromatic heterocycles. The molecule has 23 heavy (non-hydrogen) atoms. The highest BCUT2D eigenvalue weighted by atomic mass is 16.3. The Kier molecular flexibility index (Phi) is 6.86. The average molecular weight is 319 g/mol. The number of nitrogens with zero attached hydrogens (tertiary/aromatic N) is 1. The monoisotopic (exact) mass is 319 g/mol. The van der Waals surface area contributed by atoms with Gasteiger partial charge in [0, 0.05) is 38.3 Å². The zero-order valence-corrected chi connectivity index (χ0v) is 14.2. The number of nitrogens with one attached hydrogen (secondary N) is 2. The third kappa shape index (κ3) is 5.84. The maximum Gasteiger partial charge on any atom is 0.315 e. The predicted octanol–water partition coefficient (Wildman–Crippen LogP) is 2.03. The van der Waals surface area contributed by atoms with E-state index in [0.717, 1.165) is 32.5 Å². The van der Waals surface area contributed by atoms with Gasteiger partial charge in [0.25, 0.3) is 0 Å². The zero-order chi connectivity index (χ0) is 16.7. The van der Waals surface area contributed by atoms with Gasteiger partial charge >= 0.3 is 6.03 Å². The van der Waals surface area contributed by atoms with E-state index in [0.29, 0.717) is 6.42 Å². The van der Waals surface area contributed by atoms with E-state index in [1.54, 1.807) is 0 Å². The smallest absolute Gasteiger partial charge is 0.315 e. The number of piperidine rings is 1. The zero-order valence-electron chi connectivity index (χ0n) is 14.2. The number of aliphatic hydroxyl groups is 1. The first-order chi connectivity index (χ1) is 11.1. The van der Waals surface area contributed by atoms with Gasteiger partial charge < -0.3 is 15.7 Å².